The average Bonchev–Trinajstić information content (AvgIpc) is 3.32. The summed E-state index contributed by atoms with van der Waals surface area (Å²) in [5.41, 5.74) is 8.24. The van der Waals surface area contributed by atoms with E-state index in [4.69, 9.17) is 17.0 Å². The molecule has 0 saturated carbocycles. The van der Waals surface area contributed by atoms with Crippen LogP contribution in [0.1, 0.15) is 59.2 Å². The van der Waals surface area contributed by atoms with Crippen LogP contribution in [0.25, 0.3) is 5.69 Å². The summed E-state index contributed by atoms with van der Waals surface area (Å²) in [4.78, 5) is 18.7. The van der Waals surface area contributed by atoms with Gasteiger partial charge in [0.05, 0.1) is 37.0 Å². The van der Waals surface area contributed by atoms with Crippen molar-refractivity contribution in [1.82, 2.24) is 19.8 Å². The molecule has 0 bridgehead atoms. The van der Waals surface area contributed by atoms with Gasteiger partial charge in [0.25, 0.3) is 0 Å². The summed E-state index contributed by atoms with van der Waals surface area (Å²) < 4.78 is 7.26. The second-order valence-corrected chi connectivity index (χ2v) is 9.13. The molecule has 0 radical (unpaired) electrons. The standard InChI is InChI=1S/C27H32N4O2S/c1-6-20-11-9-10-17(2)25(20)31-18(3)16-21(19(31)4)26-24(22-12-7-8-14-28-22)29-27(34)30(26)15-13-23(32)33-5/h7-12,14,16,24,26H,6,13,15H2,1-5H3,(H,29,34)/t24-,26+/m0/s1. The third kappa shape index (κ3) is 4.32. The van der Waals surface area contributed by atoms with Crippen molar-refractivity contribution in [3.05, 3.63) is 82.4 Å². The van der Waals surface area contributed by atoms with Crippen molar-refractivity contribution in [2.24, 2.45) is 0 Å². The van der Waals surface area contributed by atoms with Crippen LogP contribution in [0, 0.1) is 20.8 Å². The molecule has 2 aromatic heterocycles. The number of esters is 1. The Hall–Kier alpha value is -3.19. The number of nitrogens with one attached hydrogen (secondary N) is 1. The number of nitrogens with zero attached hydrogens (tertiary/aromatic N) is 3. The molecule has 3 aromatic rings. The van der Waals surface area contributed by atoms with Crippen molar-refractivity contribution in [1.29, 1.82) is 0 Å². The van der Waals surface area contributed by atoms with Gasteiger partial charge in [-0.25, -0.2) is 0 Å². The van der Waals surface area contributed by atoms with Crippen molar-refractivity contribution in [2.45, 2.75) is 52.6 Å². The van der Waals surface area contributed by atoms with Crippen LogP contribution in [-0.4, -0.2) is 39.2 Å². The lowest BCUT2D eigenvalue weighted by Gasteiger charge is -2.28. The van der Waals surface area contributed by atoms with E-state index in [0.717, 1.165) is 12.1 Å². The van der Waals surface area contributed by atoms with Gasteiger partial charge in [-0.1, -0.05) is 31.2 Å². The van der Waals surface area contributed by atoms with Crippen LogP contribution in [0.3, 0.4) is 0 Å². The Kier molecular flexibility index (Phi) is 7.03. The zero-order chi connectivity index (χ0) is 24.4. The molecule has 0 amide bonds. The lowest BCUT2D eigenvalue weighted by molar-refractivity contribution is -0.140. The molecule has 1 aromatic carbocycles. The topological polar surface area (TPSA) is 59.4 Å². The minimum atomic E-state index is -0.249. The van der Waals surface area contributed by atoms with Gasteiger partial charge in [0, 0.05) is 24.1 Å². The van der Waals surface area contributed by atoms with E-state index < -0.39 is 0 Å². The van der Waals surface area contributed by atoms with E-state index in [9.17, 15) is 4.79 Å². The number of rotatable bonds is 7. The monoisotopic (exact) mass is 476 g/mol. The van der Waals surface area contributed by atoms with Gasteiger partial charge in [-0.15, -0.1) is 0 Å². The van der Waals surface area contributed by atoms with Gasteiger partial charge in [0.15, 0.2) is 5.11 Å². The Morgan fingerprint density at radius 3 is 2.65 bits per heavy atom. The number of carbonyl (C=O) groups excluding carboxylic acids is 1. The lowest BCUT2D eigenvalue weighted by atomic mass is 9.96. The molecule has 3 heterocycles. The zero-order valence-electron chi connectivity index (χ0n) is 20.5. The molecule has 1 fully saturated rings. The molecule has 6 nitrogen and oxygen atoms in total. The van der Waals surface area contributed by atoms with Crippen LogP contribution >= 0.6 is 12.2 Å². The first kappa shape index (κ1) is 24.0. The minimum Gasteiger partial charge on any atom is -0.469 e. The Morgan fingerprint density at radius 2 is 1.97 bits per heavy atom. The van der Waals surface area contributed by atoms with Gasteiger partial charge >= 0.3 is 5.97 Å². The summed E-state index contributed by atoms with van der Waals surface area (Å²) in [6, 6.07) is 14.4. The lowest BCUT2D eigenvalue weighted by Crippen LogP contribution is -2.32. The van der Waals surface area contributed by atoms with E-state index in [0.29, 0.717) is 11.7 Å². The fraction of sp³-hybridized carbons (Fsp3) is 0.370. The Balaban J connectivity index is 1.84. The molecule has 7 heteroatoms. The maximum absolute atomic E-state index is 12.0. The minimum absolute atomic E-state index is 0.0962. The second kappa shape index (κ2) is 9.97. The van der Waals surface area contributed by atoms with Gasteiger partial charge in [0.2, 0.25) is 0 Å². The van der Waals surface area contributed by atoms with Crippen LogP contribution in [0.15, 0.2) is 48.7 Å². The molecule has 4 rings (SSSR count). The first-order chi connectivity index (χ1) is 16.4. The molecule has 178 valence electrons. The number of ether oxygens (including phenoxy) is 1. The highest BCUT2D eigenvalue weighted by atomic mass is 32.1. The highest BCUT2D eigenvalue weighted by Gasteiger charge is 2.41. The van der Waals surface area contributed by atoms with E-state index >= 15 is 0 Å². The average molecular weight is 477 g/mol. The van der Waals surface area contributed by atoms with Crippen molar-refractivity contribution in [3.63, 3.8) is 0 Å². The number of hydrogen-bond donors (Lipinski definition) is 1. The third-order valence-electron chi connectivity index (χ3n) is 6.70. The van der Waals surface area contributed by atoms with E-state index in [1.54, 1.807) is 6.20 Å². The normalized spacial score (nSPS) is 17.7. The van der Waals surface area contributed by atoms with E-state index in [-0.39, 0.29) is 24.5 Å². The first-order valence-corrected chi connectivity index (χ1v) is 12.1. The van der Waals surface area contributed by atoms with Gasteiger partial charge in [-0.2, -0.15) is 0 Å². The molecule has 1 N–H and O–H groups in total. The third-order valence-corrected chi connectivity index (χ3v) is 7.05. The van der Waals surface area contributed by atoms with E-state index in [1.165, 1.54) is 40.9 Å². The Morgan fingerprint density at radius 1 is 1.18 bits per heavy atom. The number of thiocarbonyl (C=S) groups is 1. The fourth-order valence-electron chi connectivity index (χ4n) is 5.05. The summed E-state index contributed by atoms with van der Waals surface area (Å²) in [5.74, 6) is -0.249. The number of para-hydroxylation sites is 1. The van der Waals surface area contributed by atoms with E-state index in [1.807, 2.05) is 18.2 Å². The summed E-state index contributed by atoms with van der Waals surface area (Å²) >= 11 is 5.75. The molecule has 1 aliphatic heterocycles. The molecular weight excluding hydrogens is 444 g/mol. The van der Waals surface area contributed by atoms with Gasteiger partial charge in [-0.3, -0.25) is 9.78 Å². The molecular formula is C27H32N4O2S. The number of aromatic nitrogens is 2. The van der Waals surface area contributed by atoms with E-state index in [2.05, 4.69) is 71.7 Å². The van der Waals surface area contributed by atoms with Crippen LogP contribution < -0.4 is 5.32 Å². The van der Waals surface area contributed by atoms with Crippen molar-refractivity contribution >= 4 is 23.3 Å². The van der Waals surface area contributed by atoms with Gasteiger partial charge in [0.1, 0.15) is 0 Å². The largest absolute Gasteiger partial charge is 0.469 e. The Labute approximate surface area is 207 Å². The summed E-state index contributed by atoms with van der Waals surface area (Å²) in [7, 11) is 1.41. The summed E-state index contributed by atoms with van der Waals surface area (Å²) in [5, 5.41) is 4.10. The number of aryl methyl sites for hydroxylation is 3. The quantitative estimate of drug-likeness (QED) is 0.387. The number of methoxy groups -OCH3 is 1. The number of pyridine rings is 1. The smallest absolute Gasteiger partial charge is 0.307 e. The van der Waals surface area contributed by atoms with Crippen molar-refractivity contribution in [3.8, 4) is 5.69 Å². The molecule has 34 heavy (non-hydrogen) atoms. The first-order valence-electron chi connectivity index (χ1n) is 11.7. The zero-order valence-corrected chi connectivity index (χ0v) is 21.3. The summed E-state index contributed by atoms with van der Waals surface area (Å²) in [6.45, 7) is 9.15. The van der Waals surface area contributed by atoms with Crippen LogP contribution in [0.4, 0.5) is 0 Å². The van der Waals surface area contributed by atoms with Crippen molar-refractivity contribution < 1.29 is 9.53 Å². The maximum atomic E-state index is 12.0. The predicted molar refractivity (Wildman–Crippen MR) is 138 cm³/mol. The summed E-state index contributed by atoms with van der Waals surface area (Å²) in [6.07, 6.45) is 3.03. The molecule has 0 aliphatic carbocycles. The molecule has 1 aliphatic rings. The van der Waals surface area contributed by atoms with Crippen LogP contribution in [0.5, 0.6) is 0 Å². The number of benzene rings is 1. The molecule has 1 saturated heterocycles. The Bertz CT molecular complexity index is 1200. The van der Waals surface area contributed by atoms with Gasteiger partial charge < -0.3 is 19.5 Å². The number of hydrogen-bond acceptors (Lipinski definition) is 4. The highest BCUT2D eigenvalue weighted by Crippen LogP contribution is 2.42. The second-order valence-electron chi connectivity index (χ2n) is 8.74. The van der Waals surface area contributed by atoms with Crippen molar-refractivity contribution in [2.75, 3.05) is 13.7 Å². The number of carbonyl (C=O) groups is 1. The maximum Gasteiger partial charge on any atom is 0.307 e. The predicted octanol–water partition coefficient (Wildman–Crippen LogP) is 4.90. The van der Waals surface area contributed by atoms with Crippen LogP contribution in [0.2, 0.25) is 0 Å². The molecule has 2 atom stereocenters. The fourth-order valence-corrected chi connectivity index (χ4v) is 5.39. The highest BCUT2D eigenvalue weighted by molar-refractivity contribution is 7.80. The SMILES string of the molecule is CCc1cccc(C)c1-n1c(C)cc([C@@H]2[C@H](c3ccccn3)NC(=S)N2CCC(=O)OC)c1C. The molecule has 0 unspecified atom stereocenters. The van der Waals surface area contributed by atoms with Crippen LogP contribution in [-0.2, 0) is 16.0 Å². The molecule has 0 spiro atoms. The van der Waals surface area contributed by atoms with Gasteiger partial charge in [-0.05, 0) is 74.3 Å².